The van der Waals surface area contributed by atoms with E-state index in [1.807, 2.05) is 32.9 Å². The number of aromatic hydroxyl groups is 3. The van der Waals surface area contributed by atoms with E-state index in [-0.39, 0.29) is 47.3 Å². The van der Waals surface area contributed by atoms with E-state index >= 15 is 4.79 Å². The number of aliphatic hydroxyl groups is 1. The van der Waals surface area contributed by atoms with Crippen LogP contribution in [0.25, 0.3) is 0 Å². The van der Waals surface area contributed by atoms with Gasteiger partial charge in [0.2, 0.25) is 11.7 Å². The highest BCUT2D eigenvalue weighted by molar-refractivity contribution is 6.12. The van der Waals surface area contributed by atoms with Crippen molar-refractivity contribution in [2.24, 2.45) is 40.9 Å². The summed E-state index contributed by atoms with van der Waals surface area (Å²) in [6.07, 6.45) is 1.69. The molecule has 2 fully saturated rings. The molecule has 3 aliphatic heterocycles. The van der Waals surface area contributed by atoms with E-state index < -0.39 is 70.3 Å². The smallest absolute Gasteiger partial charge is 0.235 e. The minimum atomic E-state index is -1.53. The second-order valence-corrected chi connectivity index (χ2v) is 13.7. The first-order chi connectivity index (χ1) is 19.7. The van der Waals surface area contributed by atoms with Gasteiger partial charge >= 0.3 is 0 Å². The van der Waals surface area contributed by atoms with Gasteiger partial charge in [-0.1, -0.05) is 44.1 Å². The lowest BCUT2D eigenvalue weighted by Crippen LogP contribution is -2.56. The van der Waals surface area contributed by atoms with Crippen molar-refractivity contribution < 1.29 is 39.5 Å². The summed E-state index contributed by atoms with van der Waals surface area (Å²) in [5, 5.41) is 46.3. The van der Waals surface area contributed by atoms with Gasteiger partial charge in [0.05, 0.1) is 24.0 Å². The summed E-state index contributed by atoms with van der Waals surface area (Å²) in [7, 11) is 0. The molecular weight excluding hydrogens is 538 g/mol. The lowest BCUT2D eigenvalue weighted by Gasteiger charge is -2.47. The van der Waals surface area contributed by atoms with Gasteiger partial charge in [0.25, 0.3) is 0 Å². The summed E-state index contributed by atoms with van der Waals surface area (Å²) in [5.41, 5.74) is 1.18. The van der Waals surface area contributed by atoms with Crippen LogP contribution in [-0.4, -0.2) is 50.0 Å². The molecule has 2 saturated heterocycles. The van der Waals surface area contributed by atoms with Gasteiger partial charge in [-0.3, -0.25) is 14.4 Å². The van der Waals surface area contributed by atoms with Crippen LogP contribution in [0.5, 0.6) is 17.2 Å². The molecule has 5 N–H and O–H groups in total. The van der Waals surface area contributed by atoms with E-state index in [1.54, 1.807) is 6.92 Å². The van der Waals surface area contributed by atoms with Crippen molar-refractivity contribution in [1.82, 2.24) is 5.32 Å². The van der Waals surface area contributed by atoms with Crippen LogP contribution in [0.15, 0.2) is 23.3 Å². The normalized spacial score (nSPS) is 40.4. The second-order valence-electron chi connectivity index (χ2n) is 13.7. The molecule has 0 aromatic heterocycles. The number of rotatable bonds is 2. The predicted octanol–water partition coefficient (Wildman–Crippen LogP) is 4.07. The summed E-state index contributed by atoms with van der Waals surface area (Å²) < 4.78 is 6.30. The maximum absolute atomic E-state index is 15.4. The van der Waals surface area contributed by atoms with Gasteiger partial charge in [0, 0.05) is 29.0 Å². The van der Waals surface area contributed by atoms with E-state index in [4.69, 9.17) is 4.74 Å². The highest BCUT2D eigenvalue weighted by Gasteiger charge is 2.71. The van der Waals surface area contributed by atoms with Crippen molar-refractivity contribution in [3.8, 4) is 17.2 Å². The van der Waals surface area contributed by atoms with Crippen molar-refractivity contribution >= 4 is 17.5 Å². The van der Waals surface area contributed by atoms with Gasteiger partial charge in [0.1, 0.15) is 11.5 Å². The summed E-state index contributed by atoms with van der Waals surface area (Å²) in [6, 6.07) is -0.260. The Morgan fingerprint density at radius 2 is 1.64 bits per heavy atom. The zero-order chi connectivity index (χ0) is 30.6. The fourth-order valence-electron chi connectivity index (χ4n) is 8.90. The fraction of sp³-hybridized carbons (Fsp3) is 0.606. The van der Waals surface area contributed by atoms with E-state index in [0.29, 0.717) is 18.4 Å². The van der Waals surface area contributed by atoms with Crippen LogP contribution in [0.2, 0.25) is 0 Å². The number of benzene rings is 1. The Morgan fingerprint density at radius 1 is 0.976 bits per heavy atom. The summed E-state index contributed by atoms with van der Waals surface area (Å²) in [6.45, 7) is 11.7. The van der Waals surface area contributed by atoms with Crippen molar-refractivity contribution in [1.29, 1.82) is 0 Å². The Kier molecular flexibility index (Phi) is 6.66. The lowest BCUT2D eigenvalue weighted by atomic mass is 9.51. The number of Topliss-reactive ketones (excluding diaryl/α,β-unsaturated/α-hetero) is 2. The van der Waals surface area contributed by atoms with Crippen LogP contribution >= 0.6 is 0 Å². The molecule has 2 bridgehead atoms. The Morgan fingerprint density at radius 3 is 2.31 bits per heavy atom. The molecule has 10 atom stereocenters. The Labute approximate surface area is 245 Å². The van der Waals surface area contributed by atoms with Gasteiger partial charge in [-0.2, -0.15) is 0 Å². The molecule has 1 spiro atoms. The van der Waals surface area contributed by atoms with Crippen LogP contribution in [0.4, 0.5) is 0 Å². The minimum absolute atomic E-state index is 0.102. The molecule has 0 unspecified atom stereocenters. The molecule has 9 heteroatoms. The maximum Gasteiger partial charge on any atom is 0.235 e. The number of phenols is 3. The number of carbonyl (C=O) groups excluding carboxylic acids is 3. The standard InChI is InChI=1S/C33H41NO8/c1-12(2)9-18-24-15(5)14(4)11-17-10-13(3)7-8-19(35)26(37)22-23(31(40)33(17,24)32(41)34-18)30-21-20(29(22)42-30)16(6)25(36)28(39)27(21)38/h10-12,15,17-19,22-24,29-30,35-36,38-39H,7-9H2,1-6H3,(H,34,41)/b13-10+/t15-,17+,18+,19-,22-,23+,24+,29+,30-,33+/m1/s1. The lowest BCUT2D eigenvalue weighted by molar-refractivity contribution is -0.152. The van der Waals surface area contributed by atoms with Crippen molar-refractivity contribution in [2.75, 3.05) is 0 Å². The summed E-state index contributed by atoms with van der Waals surface area (Å²) in [5.74, 6) is -6.31. The van der Waals surface area contributed by atoms with E-state index in [1.165, 1.54) is 0 Å². The zero-order valence-electron chi connectivity index (χ0n) is 25.0. The Balaban J connectivity index is 1.62. The molecule has 3 heterocycles. The molecule has 0 saturated carbocycles. The molecule has 1 aromatic carbocycles. The number of amides is 1. The number of hydrogen-bond donors (Lipinski definition) is 5. The molecule has 9 nitrogen and oxygen atoms in total. The third-order valence-corrected chi connectivity index (χ3v) is 10.9. The number of nitrogens with one attached hydrogen (secondary N) is 1. The van der Waals surface area contributed by atoms with Gasteiger partial charge in [-0.15, -0.1) is 0 Å². The van der Waals surface area contributed by atoms with Gasteiger partial charge < -0.3 is 30.5 Å². The number of carbonyl (C=O) groups is 3. The van der Waals surface area contributed by atoms with Gasteiger partial charge in [-0.25, -0.2) is 0 Å². The third-order valence-electron chi connectivity index (χ3n) is 10.9. The van der Waals surface area contributed by atoms with E-state index in [2.05, 4.69) is 19.2 Å². The summed E-state index contributed by atoms with van der Waals surface area (Å²) >= 11 is 0. The number of ether oxygens (including phenoxy) is 1. The molecule has 2 aliphatic carbocycles. The second kappa shape index (κ2) is 9.67. The van der Waals surface area contributed by atoms with Crippen molar-refractivity contribution in [3.05, 3.63) is 40.0 Å². The highest BCUT2D eigenvalue weighted by atomic mass is 16.5. The predicted molar refractivity (Wildman–Crippen MR) is 152 cm³/mol. The fourth-order valence-corrected chi connectivity index (χ4v) is 8.90. The molecule has 42 heavy (non-hydrogen) atoms. The third kappa shape index (κ3) is 3.65. The number of aliphatic hydroxyl groups excluding tert-OH is 1. The van der Waals surface area contributed by atoms with Crippen LogP contribution < -0.4 is 5.32 Å². The number of ketones is 2. The van der Waals surface area contributed by atoms with Crippen LogP contribution in [0.1, 0.15) is 82.8 Å². The molecule has 6 rings (SSSR count). The molecule has 1 amide bonds. The molecule has 5 aliphatic rings. The molecular formula is C33H41NO8. The molecule has 226 valence electrons. The maximum atomic E-state index is 15.4. The number of phenolic OH excluding ortho intramolecular Hbond substituents is 3. The molecule has 1 aromatic rings. The van der Waals surface area contributed by atoms with Crippen LogP contribution in [0, 0.1) is 47.8 Å². The SMILES string of the molecule is CC1=C[C@@H]2/C=C(\C)CC[C@@H](O)C(=O)[C@H]3[C@H](C(=O)[C@]24C(=O)N[C@@H](CC(C)C)[C@@H]4[C@@H]1C)[C@@H]1O[C@H]3c2c(C)c(O)c(O)c(O)c21. The number of fused-ring (bicyclic) bond motifs is 8. The Hall–Kier alpha value is -3.17. The quantitative estimate of drug-likeness (QED) is 0.200. The van der Waals surface area contributed by atoms with Crippen LogP contribution in [0.3, 0.4) is 0 Å². The van der Waals surface area contributed by atoms with Crippen molar-refractivity contribution in [2.45, 2.75) is 85.2 Å². The number of hydrogen-bond acceptors (Lipinski definition) is 8. The molecule has 0 radical (unpaired) electrons. The topological polar surface area (TPSA) is 153 Å². The average Bonchev–Trinajstić information content (AvgIpc) is 3.58. The first-order valence-electron chi connectivity index (χ1n) is 15.1. The van der Waals surface area contributed by atoms with Gasteiger partial charge in [0.15, 0.2) is 23.1 Å². The zero-order valence-corrected chi connectivity index (χ0v) is 25.0. The minimum Gasteiger partial charge on any atom is -0.504 e. The van der Waals surface area contributed by atoms with Crippen molar-refractivity contribution in [3.63, 3.8) is 0 Å². The van der Waals surface area contributed by atoms with E-state index in [0.717, 1.165) is 11.1 Å². The largest absolute Gasteiger partial charge is 0.504 e. The first-order valence-corrected chi connectivity index (χ1v) is 15.1. The average molecular weight is 580 g/mol. The first kappa shape index (κ1) is 28.9. The summed E-state index contributed by atoms with van der Waals surface area (Å²) in [4.78, 5) is 43.8. The van der Waals surface area contributed by atoms with Gasteiger partial charge in [-0.05, 0) is 57.4 Å². The number of allylic oxidation sites excluding steroid dienone is 4. The van der Waals surface area contributed by atoms with Crippen LogP contribution in [-0.2, 0) is 19.1 Å². The highest BCUT2D eigenvalue weighted by Crippen LogP contribution is 2.67. The monoisotopic (exact) mass is 579 g/mol. The van der Waals surface area contributed by atoms with E-state index in [9.17, 15) is 30.0 Å². The Bertz CT molecular complexity index is 1460.